The van der Waals surface area contributed by atoms with Crippen LogP contribution in [0.25, 0.3) is 11.1 Å². The first kappa shape index (κ1) is 11.5. The second-order valence-electron chi connectivity index (χ2n) is 3.74. The minimum Gasteiger partial charge on any atom is -0.197 e. The van der Waals surface area contributed by atoms with Crippen molar-refractivity contribution in [2.24, 2.45) is 0 Å². The first-order valence-electron chi connectivity index (χ1n) is 5.31. The maximum Gasteiger partial charge on any atom is 0.292 e. The van der Waals surface area contributed by atoms with Crippen LogP contribution < -0.4 is 0 Å². The van der Waals surface area contributed by atoms with Crippen molar-refractivity contribution in [1.82, 2.24) is 0 Å². The molecule has 0 aliphatic rings. The SMILES string of the molecule is C=CC(F)(F)c1ccccc1-c1ccccc1. The fourth-order valence-electron chi connectivity index (χ4n) is 1.75. The Hall–Kier alpha value is -1.96. The Morgan fingerprint density at radius 3 is 2.12 bits per heavy atom. The molecule has 0 radical (unpaired) electrons. The molecular weight excluding hydrogens is 218 g/mol. The number of allylic oxidation sites excluding steroid dienone is 1. The average Bonchev–Trinajstić information content (AvgIpc) is 2.40. The zero-order valence-electron chi connectivity index (χ0n) is 9.24. The van der Waals surface area contributed by atoms with Gasteiger partial charge in [-0.3, -0.25) is 0 Å². The summed E-state index contributed by atoms with van der Waals surface area (Å²) in [6.07, 6.45) is 0.675. The summed E-state index contributed by atoms with van der Waals surface area (Å²) < 4.78 is 27.4. The maximum absolute atomic E-state index is 13.7. The third-order valence-electron chi connectivity index (χ3n) is 2.63. The second kappa shape index (κ2) is 4.50. The summed E-state index contributed by atoms with van der Waals surface area (Å²) in [4.78, 5) is 0. The van der Waals surface area contributed by atoms with Gasteiger partial charge in [0.2, 0.25) is 0 Å². The standard InChI is InChI=1S/C15H12F2/c1-2-15(16,17)14-11-7-6-10-13(14)12-8-4-3-5-9-12/h2-11H,1H2. The van der Waals surface area contributed by atoms with Crippen LogP contribution in [0, 0.1) is 0 Å². The van der Waals surface area contributed by atoms with E-state index in [1.54, 1.807) is 18.2 Å². The van der Waals surface area contributed by atoms with Gasteiger partial charge in [0.05, 0.1) is 0 Å². The molecule has 0 aliphatic carbocycles. The first-order chi connectivity index (χ1) is 8.15. The lowest BCUT2D eigenvalue weighted by Crippen LogP contribution is -2.10. The van der Waals surface area contributed by atoms with E-state index in [-0.39, 0.29) is 5.56 Å². The van der Waals surface area contributed by atoms with Gasteiger partial charge in [-0.2, -0.15) is 8.78 Å². The number of rotatable bonds is 3. The van der Waals surface area contributed by atoms with Crippen molar-refractivity contribution in [2.75, 3.05) is 0 Å². The summed E-state index contributed by atoms with van der Waals surface area (Å²) in [7, 11) is 0. The van der Waals surface area contributed by atoms with Gasteiger partial charge in [0.25, 0.3) is 5.92 Å². The van der Waals surface area contributed by atoms with Gasteiger partial charge in [-0.25, -0.2) is 0 Å². The molecule has 2 rings (SSSR count). The van der Waals surface area contributed by atoms with E-state index in [2.05, 4.69) is 6.58 Å². The summed E-state index contributed by atoms with van der Waals surface area (Å²) in [5.41, 5.74) is 1.31. The predicted octanol–water partition coefficient (Wildman–Crippen LogP) is 4.63. The zero-order valence-corrected chi connectivity index (χ0v) is 9.24. The largest absolute Gasteiger partial charge is 0.292 e. The fourth-order valence-corrected chi connectivity index (χ4v) is 1.75. The number of halogens is 2. The van der Waals surface area contributed by atoms with Gasteiger partial charge in [-0.15, -0.1) is 0 Å². The van der Waals surface area contributed by atoms with E-state index in [1.165, 1.54) is 6.07 Å². The molecule has 0 amide bonds. The molecule has 0 heterocycles. The van der Waals surface area contributed by atoms with Crippen LogP contribution >= 0.6 is 0 Å². The highest BCUT2D eigenvalue weighted by atomic mass is 19.3. The summed E-state index contributed by atoms with van der Waals surface area (Å²) in [5.74, 6) is -3.01. The lowest BCUT2D eigenvalue weighted by Gasteiger charge is -2.16. The molecule has 0 unspecified atom stereocenters. The Kier molecular flexibility index (Phi) is 3.05. The molecule has 0 saturated carbocycles. The van der Waals surface area contributed by atoms with Crippen LogP contribution in [0.2, 0.25) is 0 Å². The van der Waals surface area contributed by atoms with Crippen LogP contribution in [0.15, 0.2) is 67.3 Å². The van der Waals surface area contributed by atoms with Crippen LogP contribution in [0.5, 0.6) is 0 Å². The molecule has 0 bridgehead atoms. The molecule has 0 spiro atoms. The van der Waals surface area contributed by atoms with E-state index in [0.29, 0.717) is 11.6 Å². The van der Waals surface area contributed by atoms with E-state index in [0.717, 1.165) is 5.56 Å². The number of benzene rings is 2. The molecule has 2 aromatic carbocycles. The van der Waals surface area contributed by atoms with E-state index >= 15 is 0 Å². The second-order valence-corrected chi connectivity index (χ2v) is 3.74. The Balaban J connectivity index is 2.60. The lowest BCUT2D eigenvalue weighted by molar-refractivity contribution is 0.0532. The van der Waals surface area contributed by atoms with Crippen molar-refractivity contribution in [3.63, 3.8) is 0 Å². The molecular formula is C15H12F2. The van der Waals surface area contributed by atoms with Gasteiger partial charge < -0.3 is 0 Å². The smallest absolute Gasteiger partial charge is 0.197 e. The summed E-state index contributed by atoms with van der Waals surface area (Å²) in [6.45, 7) is 3.19. The normalized spacial score (nSPS) is 11.2. The molecule has 0 atom stereocenters. The molecule has 0 N–H and O–H groups in total. The lowest BCUT2D eigenvalue weighted by atomic mass is 9.96. The van der Waals surface area contributed by atoms with Crippen LogP contribution in [0.3, 0.4) is 0 Å². The van der Waals surface area contributed by atoms with Gasteiger partial charge in [0.15, 0.2) is 0 Å². The zero-order chi connectivity index (χ0) is 12.3. The van der Waals surface area contributed by atoms with Gasteiger partial charge in [0.1, 0.15) is 0 Å². The summed E-state index contributed by atoms with van der Waals surface area (Å²) in [6, 6.07) is 15.7. The Morgan fingerprint density at radius 1 is 0.882 bits per heavy atom. The van der Waals surface area contributed by atoms with Crippen molar-refractivity contribution in [3.05, 3.63) is 72.8 Å². The van der Waals surface area contributed by atoms with Crippen molar-refractivity contribution in [1.29, 1.82) is 0 Å². The Bertz CT molecular complexity index is 515. The third kappa shape index (κ3) is 2.26. The molecule has 0 aliphatic heterocycles. The Morgan fingerprint density at radius 2 is 1.47 bits per heavy atom. The molecule has 0 fully saturated rings. The molecule has 2 heteroatoms. The van der Waals surface area contributed by atoms with Crippen molar-refractivity contribution in [2.45, 2.75) is 5.92 Å². The molecule has 0 saturated heterocycles. The Labute approximate surface area is 99.2 Å². The highest BCUT2D eigenvalue weighted by Gasteiger charge is 2.29. The summed E-state index contributed by atoms with van der Waals surface area (Å²) in [5, 5.41) is 0. The van der Waals surface area contributed by atoms with Crippen molar-refractivity contribution >= 4 is 0 Å². The average molecular weight is 230 g/mol. The van der Waals surface area contributed by atoms with Crippen LogP contribution in [-0.4, -0.2) is 0 Å². The monoisotopic (exact) mass is 230 g/mol. The molecule has 2 aromatic rings. The quantitative estimate of drug-likeness (QED) is 0.674. The minimum atomic E-state index is -3.01. The third-order valence-corrected chi connectivity index (χ3v) is 2.63. The summed E-state index contributed by atoms with van der Waals surface area (Å²) >= 11 is 0. The number of hydrogen-bond acceptors (Lipinski definition) is 0. The van der Waals surface area contributed by atoms with E-state index in [4.69, 9.17) is 0 Å². The van der Waals surface area contributed by atoms with Crippen LogP contribution in [0.4, 0.5) is 8.78 Å². The molecule has 17 heavy (non-hydrogen) atoms. The fraction of sp³-hybridized carbons (Fsp3) is 0.0667. The van der Waals surface area contributed by atoms with Gasteiger partial charge >= 0.3 is 0 Å². The van der Waals surface area contributed by atoms with Crippen molar-refractivity contribution < 1.29 is 8.78 Å². The number of alkyl halides is 2. The highest BCUT2D eigenvalue weighted by molar-refractivity contribution is 5.68. The molecule has 86 valence electrons. The number of hydrogen-bond donors (Lipinski definition) is 0. The van der Waals surface area contributed by atoms with Crippen molar-refractivity contribution in [3.8, 4) is 11.1 Å². The van der Waals surface area contributed by atoms with E-state index in [1.807, 2.05) is 30.3 Å². The topological polar surface area (TPSA) is 0 Å². The first-order valence-corrected chi connectivity index (χ1v) is 5.31. The molecule has 0 nitrogen and oxygen atoms in total. The maximum atomic E-state index is 13.7. The van der Waals surface area contributed by atoms with Crippen LogP contribution in [-0.2, 0) is 5.92 Å². The van der Waals surface area contributed by atoms with Gasteiger partial charge in [-0.1, -0.05) is 61.2 Å². The predicted molar refractivity (Wildman–Crippen MR) is 66.0 cm³/mol. The molecule has 0 aromatic heterocycles. The van der Waals surface area contributed by atoms with E-state index in [9.17, 15) is 8.78 Å². The van der Waals surface area contributed by atoms with E-state index < -0.39 is 5.92 Å². The van der Waals surface area contributed by atoms with Gasteiger partial charge in [-0.05, 0) is 17.2 Å². The van der Waals surface area contributed by atoms with Gasteiger partial charge in [0, 0.05) is 5.56 Å². The highest BCUT2D eigenvalue weighted by Crippen LogP contribution is 2.36. The van der Waals surface area contributed by atoms with Crippen LogP contribution in [0.1, 0.15) is 5.56 Å². The minimum absolute atomic E-state index is 0.0128.